The van der Waals surface area contributed by atoms with Gasteiger partial charge in [-0.2, -0.15) is 0 Å². The van der Waals surface area contributed by atoms with Crippen LogP contribution in [0.1, 0.15) is 37.8 Å². The number of anilines is 1. The van der Waals surface area contributed by atoms with Gasteiger partial charge < -0.3 is 14.6 Å². The van der Waals surface area contributed by atoms with E-state index in [1.807, 2.05) is 11.1 Å². The lowest BCUT2D eigenvalue weighted by atomic mass is 9.93. The highest BCUT2D eigenvalue weighted by atomic mass is 19.1. The van der Waals surface area contributed by atoms with E-state index in [1.165, 1.54) is 12.1 Å². The molecule has 1 N–H and O–H groups in total. The summed E-state index contributed by atoms with van der Waals surface area (Å²) >= 11 is 0. The molecule has 5 heteroatoms. The molecule has 0 aliphatic carbocycles. The molecule has 2 aliphatic rings. The van der Waals surface area contributed by atoms with Crippen LogP contribution in [0.3, 0.4) is 0 Å². The summed E-state index contributed by atoms with van der Waals surface area (Å²) in [5, 5.41) is 10.2. The maximum absolute atomic E-state index is 14.8. The number of aliphatic hydroxyl groups excluding tert-OH is 1. The van der Waals surface area contributed by atoms with Gasteiger partial charge in [-0.1, -0.05) is 0 Å². The number of aromatic nitrogens is 1. The molecule has 4 rings (SSSR count). The number of aryl methyl sites for hydroxylation is 1. The van der Waals surface area contributed by atoms with E-state index in [1.54, 1.807) is 0 Å². The van der Waals surface area contributed by atoms with Gasteiger partial charge in [-0.15, -0.1) is 0 Å². The van der Waals surface area contributed by atoms with E-state index in [0.29, 0.717) is 43.0 Å². The Balaban J connectivity index is 1.96. The molecular weight excluding hydrogens is 295 g/mol. The van der Waals surface area contributed by atoms with Gasteiger partial charge in [0, 0.05) is 42.3 Å². The molecule has 4 nitrogen and oxygen atoms in total. The Hall–Kier alpha value is -1.88. The Labute approximate surface area is 134 Å². The van der Waals surface area contributed by atoms with Gasteiger partial charge in [0.05, 0.1) is 17.3 Å². The molecule has 23 heavy (non-hydrogen) atoms. The Morgan fingerprint density at radius 1 is 1.26 bits per heavy atom. The molecule has 1 atom stereocenters. The van der Waals surface area contributed by atoms with E-state index >= 15 is 0 Å². The van der Waals surface area contributed by atoms with Gasteiger partial charge in [-0.3, -0.25) is 4.79 Å². The Bertz CT molecular complexity index is 822. The molecule has 0 spiro atoms. The van der Waals surface area contributed by atoms with Crippen molar-refractivity contribution >= 4 is 16.6 Å². The van der Waals surface area contributed by atoms with Crippen LogP contribution in [0.5, 0.6) is 0 Å². The fraction of sp³-hybridized carbons (Fsp3) is 0.500. The highest BCUT2D eigenvalue weighted by molar-refractivity contribution is 5.88. The molecule has 0 radical (unpaired) electrons. The zero-order valence-electron chi connectivity index (χ0n) is 13.3. The molecule has 1 aromatic heterocycles. The van der Waals surface area contributed by atoms with Crippen LogP contribution < -0.4 is 10.3 Å². The molecule has 1 aromatic carbocycles. The third-order valence-corrected chi connectivity index (χ3v) is 5.30. The number of aliphatic hydroxyl groups is 1. The van der Waals surface area contributed by atoms with Crippen LogP contribution in [-0.4, -0.2) is 28.9 Å². The summed E-state index contributed by atoms with van der Waals surface area (Å²) in [6.07, 6.45) is 4.60. The van der Waals surface area contributed by atoms with Crippen molar-refractivity contribution in [3.8, 4) is 0 Å². The first-order chi connectivity index (χ1) is 11.1. The lowest BCUT2D eigenvalue weighted by molar-refractivity contribution is 0.145. The van der Waals surface area contributed by atoms with Gasteiger partial charge in [-0.25, -0.2) is 4.39 Å². The maximum Gasteiger partial charge on any atom is 0.189 e. The summed E-state index contributed by atoms with van der Waals surface area (Å²) in [6, 6.07) is 3.24. The molecule has 2 aromatic rings. The monoisotopic (exact) mass is 316 g/mol. The van der Waals surface area contributed by atoms with E-state index in [2.05, 4.69) is 11.5 Å². The van der Waals surface area contributed by atoms with Crippen LogP contribution in [0, 0.1) is 5.82 Å². The van der Waals surface area contributed by atoms with Crippen molar-refractivity contribution in [2.45, 2.75) is 44.8 Å². The van der Waals surface area contributed by atoms with E-state index in [9.17, 15) is 14.3 Å². The number of hydrogen-bond acceptors (Lipinski definition) is 3. The zero-order chi connectivity index (χ0) is 16.1. The third kappa shape index (κ3) is 2.26. The fourth-order valence-corrected chi connectivity index (χ4v) is 4.01. The van der Waals surface area contributed by atoms with Gasteiger partial charge in [0.1, 0.15) is 5.82 Å². The fourth-order valence-electron chi connectivity index (χ4n) is 4.01. The Morgan fingerprint density at radius 3 is 2.74 bits per heavy atom. The van der Waals surface area contributed by atoms with Gasteiger partial charge in [-0.05, 0) is 38.7 Å². The summed E-state index contributed by atoms with van der Waals surface area (Å²) in [5.41, 5.74) is 2.35. The van der Waals surface area contributed by atoms with Crippen molar-refractivity contribution < 1.29 is 9.50 Å². The normalized spacial score (nSPS) is 21.9. The second-order valence-corrected chi connectivity index (χ2v) is 6.77. The van der Waals surface area contributed by atoms with Crippen LogP contribution in [0.4, 0.5) is 10.1 Å². The largest absolute Gasteiger partial charge is 0.393 e. The average molecular weight is 316 g/mol. The van der Waals surface area contributed by atoms with Gasteiger partial charge >= 0.3 is 0 Å². The first kappa shape index (κ1) is 14.7. The van der Waals surface area contributed by atoms with Crippen molar-refractivity contribution in [1.29, 1.82) is 0 Å². The molecule has 1 unspecified atom stereocenters. The highest BCUT2D eigenvalue weighted by Gasteiger charge is 2.28. The van der Waals surface area contributed by atoms with Crippen LogP contribution >= 0.6 is 0 Å². The Morgan fingerprint density at radius 2 is 2.00 bits per heavy atom. The van der Waals surface area contributed by atoms with Crippen LogP contribution in [0.2, 0.25) is 0 Å². The van der Waals surface area contributed by atoms with Crippen LogP contribution in [-0.2, 0) is 6.42 Å². The molecule has 0 saturated carbocycles. The molecule has 0 amide bonds. The van der Waals surface area contributed by atoms with Gasteiger partial charge in [0.25, 0.3) is 0 Å². The van der Waals surface area contributed by atoms with Crippen molar-refractivity contribution in [3.63, 3.8) is 0 Å². The summed E-state index contributed by atoms with van der Waals surface area (Å²) in [5.74, 6) is -0.312. The highest BCUT2D eigenvalue weighted by Crippen LogP contribution is 2.38. The minimum absolute atomic E-state index is 0.119. The standard InChI is InChI=1S/C18H21FN2O2/c1-11-2-3-13-17-14(16(23)6-9-21(11)17)10-15(19)18(13)20-7-4-12(22)5-8-20/h6,9-12,22H,2-5,7-8H2,1H3. The maximum atomic E-state index is 14.8. The number of rotatable bonds is 1. The van der Waals surface area contributed by atoms with E-state index in [0.717, 1.165) is 23.9 Å². The lowest BCUT2D eigenvalue weighted by Gasteiger charge is -2.35. The number of nitrogens with zero attached hydrogens (tertiary/aromatic N) is 2. The average Bonchev–Trinajstić information content (AvgIpc) is 2.54. The summed E-state index contributed by atoms with van der Waals surface area (Å²) < 4.78 is 16.9. The second-order valence-electron chi connectivity index (χ2n) is 6.77. The zero-order valence-corrected chi connectivity index (χ0v) is 13.3. The van der Waals surface area contributed by atoms with Crippen LogP contribution in [0.25, 0.3) is 10.9 Å². The summed E-state index contributed by atoms with van der Waals surface area (Å²) in [6.45, 7) is 3.44. The second kappa shape index (κ2) is 5.34. The topological polar surface area (TPSA) is 45.5 Å². The quantitative estimate of drug-likeness (QED) is 0.879. The minimum Gasteiger partial charge on any atom is -0.393 e. The van der Waals surface area contributed by atoms with Gasteiger partial charge in [0.15, 0.2) is 5.43 Å². The predicted molar refractivity (Wildman–Crippen MR) is 88.7 cm³/mol. The third-order valence-electron chi connectivity index (χ3n) is 5.30. The number of pyridine rings is 1. The van der Waals surface area contributed by atoms with E-state index in [-0.39, 0.29) is 17.3 Å². The van der Waals surface area contributed by atoms with Crippen molar-refractivity contribution in [2.24, 2.45) is 0 Å². The van der Waals surface area contributed by atoms with Crippen molar-refractivity contribution in [2.75, 3.05) is 18.0 Å². The first-order valence-electron chi connectivity index (χ1n) is 8.35. The molecule has 122 valence electrons. The molecule has 0 bridgehead atoms. The SMILES string of the molecule is CC1CCc2c(N3CCC(O)CC3)c(F)cc3c(=O)ccn1c23. The van der Waals surface area contributed by atoms with Crippen LogP contribution in [0.15, 0.2) is 23.1 Å². The van der Waals surface area contributed by atoms with E-state index < -0.39 is 0 Å². The summed E-state index contributed by atoms with van der Waals surface area (Å²) in [4.78, 5) is 14.2. The first-order valence-corrected chi connectivity index (χ1v) is 8.35. The predicted octanol–water partition coefficient (Wildman–Crippen LogP) is 2.61. The smallest absolute Gasteiger partial charge is 0.189 e. The lowest BCUT2D eigenvalue weighted by Crippen LogP contribution is -2.37. The number of halogens is 1. The molecule has 3 heterocycles. The number of piperidine rings is 1. The van der Waals surface area contributed by atoms with E-state index in [4.69, 9.17) is 0 Å². The molecule has 1 fully saturated rings. The summed E-state index contributed by atoms with van der Waals surface area (Å²) in [7, 11) is 0. The molecular formula is C18H21FN2O2. The number of benzene rings is 1. The number of hydrogen-bond donors (Lipinski definition) is 1. The molecule has 2 aliphatic heterocycles. The minimum atomic E-state index is -0.312. The molecule has 1 saturated heterocycles. The van der Waals surface area contributed by atoms with Crippen molar-refractivity contribution in [3.05, 3.63) is 39.9 Å². The Kier molecular flexibility index (Phi) is 3.41. The van der Waals surface area contributed by atoms with Crippen molar-refractivity contribution in [1.82, 2.24) is 4.57 Å². The van der Waals surface area contributed by atoms with Gasteiger partial charge in [0.2, 0.25) is 0 Å².